The maximum atomic E-state index is 10.7. The first-order chi connectivity index (χ1) is 7.74. The Morgan fingerprint density at radius 3 is 2.94 bits per heavy atom. The Morgan fingerprint density at radius 2 is 2.25 bits per heavy atom. The zero-order valence-corrected chi connectivity index (χ0v) is 9.83. The van der Waals surface area contributed by atoms with Crippen LogP contribution in [-0.2, 0) is 0 Å². The molecule has 84 valence electrons. The Hall–Kier alpha value is -1.39. The lowest BCUT2D eigenvalue weighted by atomic mass is 10.2. The SMILES string of the molecule is CN(CCO)c1ccc2cc(C=O)sc2c1. The van der Waals surface area contributed by atoms with Crippen LogP contribution in [-0.4, -0.2) is 31.6 Å². The number of aliphatic hydroxyl groups is 1. The van der Waals surface area contributed by atoms with E-state index < -0.39 is 0 Å². The number of nitrogens with zero attached hydrogens (tertiary/aromatic N) is 1. The van der Waals surface area contributed by atoms with Crippen molar-refractivity contribution in [3.8, 4) is 0 Å². The molecule has 0 amide bonds. The van der Waals surface area contributed by atoms with E-state index in [1.165, 1.54) is 11.3 Å². The summed E-state index contributed by atoms with van der Waals surface area (Å²) in [6, 6.07) is 7.94. The van der Waals surface area contributed by atoms with E-state index in [9.17, 15) is 4.79 Å². The van der Waals surface area contributed by atoms with Crippen molar-refractivity contribution in [1.82, 2.24) is 0 Å². The van der Waals surface area contributed by atoms with Gasteiger partial charge in [0.2, 0.25) is 0 Å². The molecule has 0 fully saturated rings. The Bertz CT molecular complexity index is 507. The van der Waals surface area contributed by atoms with Crippen molar-refractivity contribution in [3.63, 3.8) is 0 Å². The molecular formula is C12H13NO2S. The third kappa shape index (κ3) is 2.08. The van der Waals surface area contributed by atoms with Gasteiger partial charge in [-0.3, -0.25) is 4.79 Å². The van der Waals surface area contributed by atoms with Gasteiger partial charge in [0.15, 0.2) is 6.29 Å². The second kappa shape index (κ2) is 4.63. The Morgan fingerprint density at radius 1 is 1.44 bits per heavy atom. The Balaban J connectivity index is 2.38. The minimum atomic E-state index is 0.137. The zero-order valence-electron chi connectivity index (χ0n) is 9.01. The topological polar surface area (TPSA) is 40.5 Å². The molecule has 0 saturated carbocycles. The highest BCUT2D eigenvalue weighted by molar-refractivity contribution is 7.20. The lowest BCUT2D eigenvalue weighted by Gasteiger charge is -2.17. The maximum absolute atomic E-state index is 10.7. The summed E-state index contributed by atoms with van der Waals surface area (Å²) in [6.45, 7) is 0.746. The van der Waals surface area contributed by atoms with Crippen molar-refractivity contribution in [2.45, 2.75) is 0 Å². The van der Waals surface area contributed by atoms with Crippen LogP contribution in [0.5, 0.6) is 0 Å². The van der Waals surface area contributed by atoms with Gasteiger partial charge >= 0.3 is 0 Å². The van der Waals surface area contributed by atoms with E-state index in [2.05, 4.69) is 0 Å². The fourth-order valence-electron chi connectivity index (χ4n) is 1.61. The van der Waals surface area contributed by atoms with Crippen LogP contribution in [0.15, 0.2) is 24.3 Å². The highest BCUT2D eigenvalue weighted by Gasteiger charge is 2.04. The largest absolute Gasteiger partial charge is 0.395 e. The summed E-state index contributed by atoms with van der Waals surface area (Å²) in [5.74, 6) is 0. The van der Waals surface area contributed by atoms with Crippen molar-refractivity contribution in [1.29, 1.82) is 0 Å². The number of hydrogen-bond acceptors (Lipinski definition) is 4. The first-order valence-electron chi connectivity index (χ1n) is 5.05. The highest BCUT2D eigenvalue weighted by atomic mass is 32.1. The summed E-state index contributed by atoms with van der Waals surface area (Å²) in [5.41, 5.74) is 1.06. The molecule has 2 aromatic rings. The molecule has 1 N–H and O–H groups in total. The molecule has 0 atom stereocenters. The number of rotatable bonds is 4. The van der Waals surface area contributed by atoms with Gasteiger partial charge in [-0.25, -0.2) is 0 Å². The first-order valence-corrected chi connectivity index (χ1v) is 5.87. The minimum absolute atomic E-state index is 0.137. The summed E-state index contributed by atoms with van der Waals surface area (Å²) in [6.07, 6.45) is 0.877. The summed E-state index contributed by atoms with van der Waals surface area (Å²) < 4.78 is 1.10. The molecule has 0 aliphatic heterocycles. The van der Waals surface area contributed by atoms with E-state index in [4.69, 9.17) is 5.11 Å². The van der Waals surface area contributed by atoms with Crippen LogP contribution in [0, 0.1) is 0 Å². The molecule has 0 aliphatic carbocycles. The van der Waals surface area contributed by atoms with E-state index >= 15 is 0 Å². The lowest BCUT2D eigenvalue weighted by molar-refractivity contribution is 0.112. The fraction of sp³-hybridized carbons (Fsp3) is 0.250. The number of anilines is 1. The van der Waals surface area contributed by atoms with Crippen molar-refractivity contribution in [2.24, 2.45) is 0 Å². The van der Waals surface area contributed by atoms with Gasteiger partial charge < -0.3 is 10.0 Å². The van der Waals surface area contributed by atoms with E-state index in [0.717, 1.165) is 26.9 Å². The second-order valence-corrected chi connectivity index (χ2v) is 4.75. The van der Waals surface area contributed by atoms with Crippen LogP contribution >= 0.6 is 11.3 Å². The molecular weight excluding hydrogens is 222 g/mol. The van der Waals surface area contributed by atoms with Crippen LogP contribution in [0.25, 0.3) is 10.1 Å². The van der Waals surface area contributed by atoms with Gasteiger partial charge in [-0.05, 0) is 23.6 Å². The second-order valence-electron chi connectivity index (χ2n) is 3.63. The molecule has 3 nitrogen and oxygen atoms in total. The van der Waals surface area contributed by atoms with E-state index in [1.807, 2.05) is 36.2 Å². The number of carbonyl (C=O) groups is 1. The van der Waals surface area contributed by atoms with Gasteiger partial charge in [0.25, 0.3) is 0 Å². The number of hydrogen-bond donors (Lipinski definition) is 1. The summed E-state index contributed by atoms with van der Waals surface area (Å²) in [7, 11) is 1.94. The summed E-state index contributed by atoms with van der Waals surface area (Å²) in [5, 5.41) is 9.96. The highest BCUT2D eigenvalue weighted by Crippen LogP contribution is 2.28. The zero-order chi connectivity index (χ0) is 11.5. The molecule has 0 radical (unpaired) electrons. The Labute approximate surface area is 97.9 Å². The minimum Gasteiger partial charge on any atom is -0.395 e. The van der Waals surface area contributed by atoms with Crippen LogP contribution in [0.2, 0.25) is 0 Å². The van der Waals surface area contributed by atoms with Crippen LogP contribution in [0.3, 0.4) is 0 Å². The smallest absolute Gasteiger partial charge is 0.160 e. The average Bonchev–Trinajstić information content (AvgIpc) is 2.70. The summed E-state index contributed by atoms with van der Waals surface area (Å²) in [4.78, 5) is 13.4. The van der Waals surface area contributed by atoms with Gasteiger partial charge in [-0.15, -0.1) is 11.3 Å². The number of carbonyl (C=O) groups excluding carboxylic acids is 1. The van der Waals surface area contributed by atoms with Gasteiger partial charge in [0.1, 0.15) is 0 Å². The average molecular weight is 235 g/mol. The van der Waals surface area contributed by atoms with E-state index in [1.54, 1.807) is 0 Å². The van der Waals surface area contributed by atoms with Crippen molar-refractivity contribution in [2.75, 3.05) is 25.1 Å². The predicted molar refractivity (Wildman–Crippen MR) is 67.6 cm³/mol. The Kier molecular flexibility index (Phi) is 3.22. The molecule has 0 unspecified atom stereocenters. The third-order valence-electron chi connectivity index (χ3n) is 2.52. The number of aldehydes is 1. The first kappa shape index (κ1) is 11.1. The molecule has 1 aromatic heterocycles. The number of fused-ring (bicyclic) bond motifs is 1. The summed E-state index contributed by atoms with van der Waals surface area (Å²) >= 11 is 1.49. The van der Waals surface area contributed by atoms with Crippen LogP contribution in [0.4, 0.5) is 5.69 Å². The number of likely N-dealkylation sites (N-methyl/N-ethyl adjacent to an activating group) is 1. The van der Waals surface area contributed by atoms with Crippen molar-refractivity contribution in [3.05, 3.63) is 29.1 Å². The molecule has 0 bridgehead atoms. The van der Waals surface area contributed by atoms with Crippen LogP contribution < -0.4 is 4.90 Å². The molecule has 0 aliphatic rings. The van der Waals surface area contributed by atoms with Crippen molar-refractivity contribution < 1.29 is 9.90 Å². The number of benzene rings is 1. The van der Waals surface area contributed by atoms with Crippen LogP contribution in [0.1, 0.15) is 9.67 Å². The van der Waals surface area contributed by atoms with Gasteiger partial charge in [-0.1, -0.05) is 6.07 Å². The number of thiophene rings is 1. The standard InChI is InChI=1S/C12H13NO2S/c1-13(4-5-14)10-3-2-9-6-11(8-15)16-12(9)7-10/h2-3,6-8,14H,4-5H2,1H3. The predicted octanol–water partition coefficient (Wildman–Crippen LogP) is 2.14. The van der Waals surface area contributed by atoms with Gasteiger partial charge in [0, 0.05) is 24.0 Å². The quantitative estimate of drug-likeness (QED) is 0.825. The van der Waals surface area contributed by atoms with Gasteiger partial charge in [-0.2, -0.15) is 0 Å². The van der Waals surface area contributed by atoms with Crippen molar-refractivity contribution >= 4 is 33.4 Å². The van der Waals surface area contributed by atoms with E-state index in [0.29, 0.717) is 6.54 Å². The molecule has 1 aromatic carbocycles. The van der Waals surface area contributed by atoms with Gasteiger partial charge in [0.05, 0.1) is 11.5 Å². The monoisotopic (exact) mass is 235 g/mol. The number of aliphatic hydroxyl groups excluding tert-OH is 1. The molecule has 16 heavy (non-hydrogen) atoms. The van der Waals surface area contributed by atoms with E-state index in [-0.39, 0.29) is 6.61 Å². The molecule has 2 rings (SSSR count). The normalized spacial score (nSPS) is 10.6. The molecule has 0 spiro atoms. The maximum Gasteiger partial charge on any atom is 0.160 e. The fourth-order valence-corrected chi connectivity index (χ4v) is 2.53. The molecule has 1 heterocycles. The third-order valence-corrected chi connectivity index (χ3v) is 3.54. The molecule has 4 heteroatoms. The molecule has 0 saturated heterocycles. The lowest BCUT2D eigenvalue weighted by Crippen LogP contribution is -2.20.